The maximum absolute atomic E-state index is 8.63. The van der Waals surface area contributed by atoms with Crippen LogP contribution in [-0.4, -0.2) is 35.5 Å². The van der Waals surface area contributed by atoms with Crippen molar-refractivity contribution in [1.29, 1.82) is 0 Å². The van der Waals surface area contributed by atoms with Gasteiger partial charge >= 0.3 is 0 Å². The molecule has 0 saturated heterocycles. The second-order valence-electron chi connectivity index (χ2n) is 3.69. The van der Waals surface area contributed by atoms with Crippen LogP contribution in [0.15, 0.2) is 40.1 Å². The Balaban J connectivity index is 1.83. The van der Waals surface area contributed by atoms with E-state index in [2.05, 4.69) is 27.8 Å². The molecular weight excluding hydrogens is 264 g/mol. The molecule has 1 heterocycles. The minimum absolute atomic E-state index is 0.195. The Morgan fingerprint density at radius 1 is 1.22 bits per heavy atom. The van der Waals surface area contributed by atoms with E-state index in [-0.39, 0.29) is 6.61 Å². The Hall–Kier alpha value is -0.880. The van der Waals surface area contributed by atoms with Crippen molar-refractivity contribution in [2.75, 3.05) is 25.4 Å². The Labute approximate surface area is 115 Å². The predicted molar refractivity (Wildman–Crippen MR) is 78.2 cm³/mol. The highest BCUT2D eigenvalue weighted by atomic mass is 32.2. The van der Waals surface area contributed by atoms with Crippen molar-refractivity contribution < 1.29 is 5.11 Å². The largest absolute Gasteiger partial charge is 0.395 e. The molecule has 0 bridgehead atoms. The van der Waals surface area contributed by atoms with E-state index in [1.165, 1.54) is 5.56 Å². The van der Waals surface area contributed by atoms with Gasteiger partial charge in [0.25, 0.3) is 0 Å². The van der Waals surface area contributed by atoms with Crippen molar-refractivity contribution in [3.05, 3.63) is 35.7 Å². The van der Waals surface area contributed by atoms with E-state index in [1.807, 2.05) is 18.2 Å². The molecule has 2 N–H and O–H groups in total. The number of nitrogens with one attached hydrogen (secondary N) is 1. The van der Waals surface area contributed by atoms with E-state index in [9.17, 15) is 0 Å². The van der Waals surface area contributed by atoms with E-state index in [0.29, 0.717) is 6.54 Å². The van der Waals surface area contributed by atoms with Crippen LogP contribution in [0.3, 0.4) is 0 Å². The zero-order valence-electron chi connectivity index (χ0n) is 10.0. The number of hydrogen-bond acceptors (Lipinski definition) is 5. The minimum Gasteiger partial charge on any atom is -0.395 e. The van der Waals surface area contributed by atoms with E-state index >= 15 is 0 Å². The summed E-state index contributed by atoms with van der Waals surface area (Å²) in [7, 11) is 0. The van der Waals surface area contributed by atoms with Crippen molar-refractivity contribution in [3.63, 3.8) is 0 Å². The molecule has 96 valence electrons. The summed E-state index contributed by atoms with van der Waals surface area (Å²) in [4.78, 5) is 4.60. The van der Waals surface area contributed by atoms with Crippen molar-refractivity contribution in [3.8, 4) is 11.3 Å². The summed E-state index contributed by atoms with van der Waals surface area (Å²) < 4.78 is 1.10. The van der Waals surface area contributed by atoms with Gasteiger partial charge in [-0.15, -0.1) is 11.3 Å². The molecule has 1 aromatic carbocycles. The molecule has 0 spiro atoms. The Kier molecular flexibility index (Phi) is 5.67. The fourth-order valence-electron chi connectivity index (χ4n) is 1.48. The number of hydrogen-bond donors (Lipinski definition) is 2. The summed E-state index contributed by atoms with van der Waals surface area (Å²) in [5.74, 6) is 0.974. The quantitative estimate of drug-likeness (QED) is 0.604. The van der Waals surface area contributed by atoms with Gasteiger partial charge in [0.1, 0.15) is 0 Å². The predicted octanol–water partition coefficient (Wildman–Crippen LogP) is 2.48. The van der Waals surface area contributed by atoms with Crippen LogP contribution in [-0.2, 0) is 0 Å². The lowest BCUT2D eigenvalue weighted by atomic mass is 10.2. The first-order valence-electron chi connectivity index (χ1n) is 5.85. The first kappa shape index (κ1) is 13.5. The topological polar surface area (TPSA) is 45.1 Å². The minimum atomic E-state index is 0.195. The third-order valence-corrected chi connectivity index (χ3v) is 4.37. The summed E-state index contributed by atoms with van der Waals surface area (Å²) in [5.41, 5.74) is 2.21. The molecule has 3 nitrogen and oxygen atoms in total. The first-order chi connectivity index (χ1) is 8.90. The highest BCUT2D eigenvalue weighted by Gasteiger charge is 2.04. The summed E-state index contributed by atoms with van der Waals surface area (Å²) in [5, 5.41) is 13.9. The van der Waals surface area contributed by atoms with Crippen LogP contribution in [0.5, 0.6) is 0 Å². The molecular formula is C13H16N2OS2. The van der Waals surface area contributed by atoms with Gasteiger partial charge in [0.05, 0.1) is 12.3 Å². The van der Waals surface area contributed by atoms with E-state index in [0.717, 1.165) is 22.3 Å². The zero-order chi connectivity index (χ0) is 12.6. The number of thioether (sulfide) groups is 1. The van der Waals surface area contributed by atoms with Gasteiger partial charge in [0.2, 0.25) is 0 Å². The zero-order valence-corrected chi connectivity index (χ0v) is 11.6. The van der Waals surface area contributed by atoms with Crippen molar-refractivity contribution in [1.82, 2.24) is 10.3 Å². The smallest absolute Gasteiger partial charge is 0.150 e. The summed E-state index contributed by atoms with van der Waals surface area (Å²) in [6, 6.07) is 10.2. The molecule has 0 amide bonds. The van der Waals surface area contributed by atoms with Gasteiger partial charge in [-0.05, 0) is 0 Å². The van der Waals surface area contributed by atoms with Crippen LogP contribution in [0.25, 0.3) is 11.3 Å². The lowest BCUT2D eigenvalue weighted by Gasteiger charge is -2.00. The number of rotatable bonds is 7. The molecule has 0 atom stereocenters. The monoisotopic (exact) mass is 280 g/mol. The number of aliphatic hydroxyl groups excluding tert-OH is 1. The summed E-state index contributed by atoms with van der Waals surface area (Å²) >= 11 is 3.43. The van der Waals surface area contributed by atoms with Crippen LogP contribution < -0.4 is 5.32 Å². The third-order valence-electron chi connectivity index (χ3n) is 2.35. The van der Waals surface area contributed by atoms with Crippen LogP contribution in [0.1, 0.15) is 0 Å². The molecule has 0 saturated carbocycles. The molecule has 0 unspecified atom stereocenters. The van der Waals surface area contributed by atoms with Crippen molar-refractivity contribution in [2.24, 2.45) is 0 Å². The normalized spacial score (nSPS) is 10.7. The maximum Gasteiger partial charge on any atom is 0.150 e. The SMILES string of the molecule is OCCNCCSc1nc(-c2ccccc2)cs1. The molecule has 5 heteroatoms. The van der Waals surface area contributed by atoms with Crippen molar-refractivity contribution in [2.45, 2.75) is 4.34 Å². The second kappa shape index (κ2) is 7.53. The number of nitrogens with zero attached hydrogens (tertiary/aromatic N) is 1. The van der Waals surface area contributed by atoms with Crippen LogP contribution >= 0.6 is 23.1 Å². The number of aromatic nitrogens is 1. The van der Waals surface area contributed by atoms with Crippen LogP contribution in [0.4, 0.5) is 0 Å². The molecule has 2 aromatic rings. The molecule has 0 aliphatic carbocycles. The molecule has 0 aliphatic heterocycles. The standard InChI is InChI=1S/C13H16N2OS2/c16-8-6-14-7-9-17-13-15-12(10-18-13)11-4-2-1-3-5-11/h1-5,10,14,16H,6-9H2. The van der Waals surface area contributed by atoms with Crippen LogP contribution in [0, 0.1) is 0 Å². The summed E-state index contributed by atoms with van der Waals surface area (Å²) in [6.45, 7) is 1.75. The van der Waals surface area contributed by atoms with Gasteiger partial charge in [0, 0.05) is 29.8 Å². The Bertz CT molecular complexity index is 459. The number of thiazole rings is 1. The highest BCUT2D eigenvalue weighted by molar-refractivity contribution is 8.01. The Morgan fingerprint density at radius 3 is 2.83 bits per heavy atom. The average molecular weight is 280 g/mol. The number of aliphatic hydroxyl groups is 1. The molecule has 0 aliphatic rings. The molecule has 2 rings (SSSR count). The van der Waals surface area contributed by atoms with Gasteiger partial charge in [-0.1, -0.05) is 42.1 Å². The number of benzene rings is 1. The van der Waals surface area contributed by atoms with Gasteiger partial charge < -0.3 is 10.4 Å². The van der Waals surface area contributed by atoms with Crippen LogP contribution in [0.2, 0.25) is 0 Å². The van der Waals surface area contributed by atoms with Gasteiger partial charge in [0.15, 0.2) is 4.34 Å². The van der Waals surface area contributed by atoms with Gasteiger partial charge in [-0.2, -0.15) is 0 Å². The molecule has 0 radical (unpaired) electrons. The van der Waals surface area contributed by atoms with Crippen molar-refractivity contribution >= 4 is 23.1 Å². The van der Waals surface area contributed by atoms with E-state index in [4.69, 9.17) is 5.11 Å². The lowest BCUT2D eigenvalue weighted by molar-refractivity contribution is 0.294. The van der Waals surface area contributed by atoms with Gasteiger partial charge in [-0.25, -0.2) is 4.98 Å². The van der Waals surface area contributed by atoms with E-state index in [1.54, 1.807) is 23.1 Å². The fourth-order valence-corrected chi connectivity index (χ4v) is 3.28. The molecule has 18 heavy (non-hydrogen) atoms. The third kappa shape index (κ3) is 4.10. The maximum atomic E-state index is 8.63. The highest BCUT2D eigenvalue weighted by Crippen LogP contribution is 2.27. The first-order valence-corrected chi connectivity index (χ1v) is 7.72. The second-order valence-corrected chi connectivity index (χ2v) is 5.89. The van der Waals surface area contributed by atoms with E-state index < -0.39 is 0 Å². The summed E-state index contributed by atoms with van der Waals surface area (Å²) in [6.07, 6.45) is 0. The Morgan fingerprint density at radius 2 is 2.06 bits per heavy atom. The fraction of sp³-hybridized carbons (Fsp3) is 0.308. The van der Waals surface area contributed by atoms with Gasteiger partial charge in [-0.3, -0.25) is 0 Å². The molecule has 0 fully saturated rings. The molecule has 1 aromatic heterocycles. The lowest BCUT2D eigenvalue weighted by Crippen LogP contribution is -2.20. The average Bonchev–Trinajstić information content (AvgIpc) is 2.88.